The van der Waals surface area contributed by atoms with Crippen molar-refractivity contribution >= 4 is 45.9 Å². The summed E-state index contributed by atoms with van der Waals surface area (Å²) in [4.78, 5) is 15.5. The lowest BCUT2D eigenvalue weighted by molar-refractivity contribution is -0.113. The van der Waals surface area contributed by atoms with Crippen LogP contribution >= 0.6 is 23.1 Å². The second kappa shape index (κ2) is 5.19. The van der Waals surface area contributed by atoms with Crippen LogP contribution in [0.3, 0.4) is 0 Å². The van der Waals surface area contributed by atoms with Crippen LogP contribution < -0.4 is 14.4 Å². The van der Waals surface area contributed by atoms with Gasteiger partial charge in [-0.05, 0) is 41.4 Å². The predicted molar refractivity (Wildman–Crippen MR) is 87.7 cm³/mol. The second-order valence-corrected chi connectivity index (χ2v) is 6.62. The van der Waals surface area contributed by atoms with Gasteiger partial charge < -0.3 is 9.47 Å². The number of hydrogen-bond donors (Lipinski definition) is 1. The quantitative estimate of drug-likeness (QED) is 0.856. The highest BCUT2D eigenvalue weighted by molar-refractivity contribution is 8.19. The molecule has 1 aromatic heterocycles. The normalized spacial score (nSPS) is 18.5. The van der Waals surface area contributed by atoms with E-state index in [0.717, 1.165) is 16.6 Å². The number of hydrogen-bond acceptors (Lipinski definition) is 6. The van der Waals surface area contributed by atoms with Gasteiger partial charge >= 0.3 is 0 Å². The summed E-state index contributed by atoms with van der Waals surface area (Å²) in [5, 5.41) is 10.2. The number of carbonyl (C=O) groups is 1. The first-order valence-corrected chi connectivity index (χ1v) is 8.18. The first kappa shape index (κ1) is 13.4. The van der Waals surface area contributed by atoms with Crippen molar-refractivity contribution in [3.8, 4) is 11.5 Å². The lowest BCUT2D eigenvalue weighted by Gasteiger charge is -2.14. The number of carbonyl (C=O) groups excluding carboxylic acids is 1. The molecule has 110 valence electrons. The number of benzene rings is 1. The van der Waals surface area contributed by atoms with Crippen molar-refractivity contribution in [3.05, 3.63) is 45.5 Å². The molecule has 0 unspecified atom stereocenters. The molecule has 2 aromatic rings. The Morgan fingerprint density at radius 3 is 2.91 bits per heavy atom. The molecule has 1 fully saturated rings. The fourth-order valence-electron chi connectivity index (χ4n) is 2.25. The predicted octanol–water partition coefficient (Wildman–Crippen LogP) is 3.53. The lowest BCUT2D eigenvalue weighted by Crippen LogP contribution is -2.27. The molecule has 2 aliphatic rings. The highest BCUT2D eigenvalue weighted by atomic mass is 32.2. The average molecular weight is 330 g/mol. The van der Waals surface area contributed by atoms with Gasteiger partial charge in [-0.25, -0.2) is 0 Å². The molecule has 7 heteroatoms. The molecule has 1 aromatic carbocycles. The Balaban J connectivity index is 1.68. The zero-order chi connectivity index (χ0) is 15.1. The van der Waals surface area contributed by atoms with E-state index in [2.05, 4.69) is 0 Å². The highest BCUT2D eigenvalue weighted by Crippen LogP contribution is 2.40. The van der Waals surface area contributed by atoms with Crippen LogP contribution in [0.4, 0.5) is 5.69 Å². The van der Waals surface area contributed by atoms with Crippen LogP contribution in [-0.2, 0) is 4.79 Å². The first-order valence-electron chi connectivity index (χ1n) is 6.48. The van der Waals surface area contributed by atoms with Crippen molar-refractivity contribution in [2.45, 2.75) is 0 Å². The van der Waals surface area contributed by atoms with Crippen molar-refractivity contribution in [2.75, 3.05) is 11.7 Å². The Labute approximate surface area is 134 Å². The molecule has 1 N–H and O–H groups in total. The van der Waals surface area contributed by atoms with E-state index in [1.165, 1.54) is 4.90 Å². The van der Waals surface area contributed by atoms with E-state index in [0.29, 0.717) is 22.1 Å². The maximum Gasteiger partial charge on any atom is 0.271 e. The van der Waals surface area contributed by atoms with E-state index in [9.17, 15) is 4.79 Å². The summed E-state index contributed by atoms with van der Waals surface area (Å²) in [6.07, 6.45) is 1.82. The number of ether oxygens (including phenoxy) is 2. The summed E-state index contributed by atoms with van der Waals surface area (Å²) >= 11 is 2.72. The first-order chi connectivity index (χ1) is 10.7. The van der Waals surface area contributed by atoms with Gasteiger partial charge in [0.1, 0.15) is 0 Å². The number of thioether (sulfide) groups is 1. The van der Waals surface area contributed by atoms with Gasteiger partial charge in [-0.2, -0.15) is 0 Å². The van der Waals surface area contributed by atoms with Crippen LogP contribution in [0.25, 0.3) is 6.08 Å². The van der Waals surface area contributed by atoms with Gasteiger partial charge in [0.15, 0.2) is 16.7 Å². The molecule has 2 aliphatic heterocycles. The summed E-state index contributed by atoms with van der Waals surface area (Å²) < 4.78 is 10.6. The molecule has 1 amide bonds. The minimum atomic E-state index is -0.192. The van der Waals surface area contributed by atoms with E-state index in [4.69, 9.17) is 14.9 Å². The fraction of sp³-hybridized carbons (Fsp3) is 0.0667. The van der Waals surface area contributed by atoms with Gasteiger partial charge in [-0.1, -0.05) is 6.07 Å². The minimum absolute atomic E-state index is 0.183. The van der Waals surface area contributed by atoms with Gasteiger partial charge in [0.25, 0.3) is 5.91 Å². The third kappa shape index (κ3) is 2.18. The Morgan fingerprint density at radius 2 is 2.09 bits per heavy atom. The Hall–Kier alpha value is -2.25. The molecular formula is C15H10N2O3S2. The van der Waals surface area contributed by atoms with Crippen molar-refractivity contribution in [1.29, 1.82) is 5.41 Å². The van der Waals surface area contributed by atoms with Gasteiger partial charge in [0, 0.05) is 10.9 Å². The van der Waals surface area contributed by atoms with Gasteiger partial charge in [0.05, 0.1) is 10.6 Å². The van der Waals surface area contributed by atoms with E-state index >= 15 is 0 Å². The zero-order valence-corrected chi connectivity index (χ0v) is 12.9. The molecule has 0 spiro atoms. The fourth-order valence-corrected chi connectivity index (χ4v) is 3.83. The summed E-state index contributed by atoms with van der Waals surface area (Å²) in [5.41, 5.74) is 0.612. The van der Waals surface area contributed by atoms with Crippen LogP contribution in [0.15, 0.2) is 40.6 Å². The monoisotopic (exact) mass is 330 g/mol. The topological polar surface area (TPSA) is 62.6 Å². The Kier molecular flexibility index (Phi) is 3.16. The number of thiophene rings is 1. The molecule has 0 radical (unpaired) electrons. The van der Waals surface area contributed by atoms with E-state index in [1.807, 2.05) is 23.6 Å². The van der Waals surface area contributed by atoms with E-state index in [1.54, 1.807) is 29.5 Å². The van der Waals surface area contributed by atoms with Crippen LogP contribution in [0.2, 0.25) is 0 Å². The standard InChI is InChI=1S/C15H10N2O3S2/c16-15-17(9-3-4-11-12(6-9)20-8-19-11)14(18)13(22-15)7-10-2-1-5-21-10/h1-7,16H,8H2. The van der Waals surface area contributed by atoms with Crippen molar-refractivity contribution < 1.29 is 14.3 Å². The third-order valence-corrected chi connectivity index (χ3v) is 4.96. The van der Waals surface area contributed by atoms with Crippen LogP contribution in [0.1, 0.15) is 4.88 Å². The SMILES string of the molecule is N=C1SC(=Cc2cccs2)C(=O)N1c1ccc2c(c1)OCO2. The van der Waals surface area contributed by atoms with Crippen molar-refractivity contribution in [1.82, 2.24) is 0 Å². The number of anilines is 1. The molecule has 0 saturated carbocycles. The molecule has 0 atom stereocenters. The summed E-state index contributed by atoms with van der Waals surface area (Å²) in [7, 11) is 0. The highest BCUT2D eigenvalue weighted by Gasteiger charge is 2.34. The van der Waals surface area contributed by atoms with E-state index in [-0.39, 0.29) is 17.9 Å². The van der Waals surface area contributed by atoms with Crippen LogP contribution in [0.5, 0.6) is 11.5 Å². The lowest BCUT2D eigenvalue weighted by atomic mass is 10.2. The summed E-state index contributed by atoms with van der Waals surface area (Å²) in [6.45, 7) is 0.183. The Morgan fingerprint density at radius 1 is 1.23 bits per heavy atom. The Bertz CT molecular complexity index is 799. The maximum absolute atomic E-state index is 12.6. The second-order valence-electron chi connectivity index (χ2n) is 4.61. The number of fused-ring (bicyclic) bond motifs is 1. The summed E-state index contributed by atoms with van der Waals surface area (Å²) in [5.74, 6) is 1.06. The molecule has 5 nitrogen and oxygen atoms in total. The number of amides is 1. The molecule has 0 aliphatic carbocycles. The van der Waals surface area contributed by atoms with Crippen LogP contribution in [-0.4, -0.2) is 17.9 Å². The van der Waals surface area contributed by atoms with Gasteiger partial charge in [-0.3, -0.25) is 15.1 Å². The molecule has 1 saturated heterocycles. The van der Waals surface area contributed by atoms with Crippen molar-refractivity contribution in [2.24, 2.45) is 0 Å². The molecule has 4 rings (SSSR count). The number of nitrogens with zero attached hydrogens (tertiary/aromatic N) is 1. The number of amidine groups is 1. The van der Waals surface area contributed by atoms with E-state index < -0.39 is 0 Å². The average Bonchev–Trinajstić information content (AvgIpc) is 3.21. The third-order valence-electron chi connectivity index (χ3n) is 3.25. The van der Waals surface area contributed by atoms with Crippen molar-refractivity contribution in [3.63, 3.8) is 0 Å². The largest absolute Gasteiger partial charge is 0.454 e. The smallest absolute Gasteiger partial charge is 0.271 e. The number of rotatable bonds is 2. The van der Waals surface area contributed by atoms with Gasteiger partial charge in [0.2, 0.25) is 6.79 Å². The minimum Gasteiger partial charge on any atom is -0.454 e. The van der Waals surface area contributed by atoms with Crippen LogP contribution in [0, 0.1) is 5.41 Å². The summed E-state index contributed by atoms with van der Waals surface area (Å²) in [6, 6.07) is 9.11. The zero-order valence-electron chi connectivity index (χ0n) is 11.2. The molecule has 22 heavy (non-hydrogen) atoms. The number of nitrogens with one attached hydrogen (secondary N) is 1. The molecule has 0 bridgehead atoms. The molecule has 3 heterocycles. The maximum atomic E-state index is 12.6. The van der Waals surface area contributed by atoms with Gasteiger partial charge in [-0.15, -0.1) is 11.3 Å². The molecular weight excluding hydrogens is 320 g/mol.